The van der Waals surface area contributed by atoms with Gasteiger partial charge in [-0.05, 0) is 42.0 Å². The Morgan fingerprint density at radius 1 is 1.04 bits per heavy atom. The zero-order valence-electron chi connectivity index (χ0n) is 13.9. The number of nitrogens with two attached hydrogens (primary N) is 1. The van der Waals surface area contributed by atoms with Crippen molar-refractivity contribution in [2.45, 2.75) is 0 Å². The topological polar surface area (TPSA) is 92.2 Å². The lowest BCUT2D eigenvalue weighted by Gasteiger charge is -2.12. The average Bonchev–Trinajstić information content (AvgIpc) is 2.65. The van der Waals surface area contributed by atoms with Crippen LogP contribution in [0.2, 0.25) is 0 Å². The third-order valence-electron chi connectivity index (χ3n) is 3.93. The van der Waals surface area contributed by atoms with E-state index in [4.69, 9.17) is 10.5 Å². The van der Waals surface area contributed by atoms with Gasteiger partial charge in [-0.1, -0.05) is 0 Å². The third-order valence-corrected chi connectivity index (χ3v) is 3.93. The zero-order valence-corrected chi connectivity index (χ0v) is 13.9. The molecule has 0 amide bonds. The first kappa shape index (κ1) is 18.1. The van der Waals surface area contributed by atoms with Crippen molar-refractivity contribution in [2.24, 2.45) is 0 Å². The van der Waals surface area contributed by atoms with Crippen molar-refractivity contribution in [3.63, 3.8) is 0 Å². The van der Waals surface area contributed by atoms with Crippen LogP contribution in [-0.4, -0.2) is 17.2 Å². The number of phenolic OH excluding ortho intramolecular Hbond substituents is 1. The third kappa shape index (κ3) is 3.22. The van der Waals surface area contributed by atoms with E-state index in [0.29, 0.717) is 0 Å². The van der Waals surface area contributed by atoms with Gasteiger partial charge >= 0.3 is 0 Å². The number of rotatable bonds is 3. The van der Waals surface area contributed by atoms with E-state index in [-0.39, 0.29) is 39.5 Å². The first-order valence-corrected chi connectivity index (χ1v) is 7.58. The summed E-state index contributed by atoms with van der Waals surface area (Å²) in [4.78, 5) is 4.05. The van der Waals surface area contributed by atoms with Crippen LogP contribution in [0.3, 0.4) is 0 Å². The van der Waals surface area contributed by atoms with E-state index in [1.165, 1.54) is 25.3 Å². The smallest absolute Gasteiger partial charge is 0.194 e. The molecule has 0 fully saturated rings. The lowest BCUT2D eigenvalue weighted by molar-refractivity contribution is 0.357. The van der Waals surface area contributed by atoms with E-state index in [1.54, 1.807) is 0 Å². The van der Waals surface area contributed by atoms with Gasteiger partial charge in [0.25, 0.3) is 0 Å². The van der Waals surface area contributed by atoms with Crippen molar-refractivity contribution in [1.29, 1.82) is 5.26 Å². The number of hydrogen-bond acceptors (Lipinski definition) is 5. The van der Waals surface area contributed by atoms with Crippen LogP contribution < -0.4 is 10.5 Å². The molecule has 0 bridgehead atoms. The minimum atomic E-state index is -1.07. The highest BCUT2D eigenvalue weighted by atomic mass is 19.2. The van der Waals surface area contributed by atoms with E-state index in [0.717, 1.165) is 18.2 Å². The van der Waals surface area contributed by atoms with Gasteiger partial charge in [0.05, 0.1) is 12.8 Å². The van der Waals surface area contributed by atoms with Crippen LogP contribution in [0, 0.1) is 28.8 Å². The van der Waals surface area contributed by atoms with Crippen LogP contribution in [-0.2, 0) is 0 Å². The quantitative estimate of drug-likeness (QED) is 0.726. The van der Waals surface area contributed by atoms with Gasteiger partial charge in [0.1, 0.15) is 17.5 Å². The van der Waals surface area contributed by atoms with E-state index in [2.05, 4.69) is 4.98 Å². The number of nitrogens with zero attached hydrogens (tertiary/aromatic N) is 2. The Morgan fingerprint density at radius 2 is 1.74 bits per heavy atom. The van der Waals surface area contributed by atoms with Crippen molar-refractivity contribution < 1.29 is 23.0 Å². The van der Waals surface area contributed by atoms with Crippen molar-refractivity contribution >= 4 is 5.82 Å². The Hall–Kier alpha value is -3.73. The second kappa shape index (κ2) is 6.88. The Bertz CT molecular complexity index is 1090. The number of hydrogen-bond donors (Lipinski definition) is 2. The molecular formula is C19H12F3N3O2. The standard InChI is InChI=1S/C19H12F3N3O2/c1-27-17-6-10(5-15(22)18(17)26)11-7-16(25-19(24)12(11)8-23)9-2-3-13(20)14(21)4-9/h2-7,26H,1H3,(H2,24,25). The molecule has 3 aromatic rings. The van der Waals surface area contributed by atoms with Crippen molar-refractivity contribution in [3.8, 4) is 40.0 Å². The van der Waals surface area contributed by atoms with E-state index >= 15 is 0 Å². The maximum absolute atomic E-state index is 14.0. The van der Waals surface area contributed by atoms with Crippen LogP contribution in [0.5, 0.6) is 11.5 Å². The maximum atomic E-state index is 14.0. The number of halogens is 3. The fraction of sp³-hybridized carbons (Fsp3) is 0.0526. The normalized spacial score (nSPS) is 10.5. The second-order valence-electron chi connectivity index (χ2n) is 5.56. The summed E-state index contributed by atoms with van der Waals surface area (Å²) in [6.07, 6.45) is 0. The summed E-state index contributed by atoms with van der Waals surface area (Å²) in [7, 11) is 1.25. The minimum absolute atomic E-state index is 0.0338. The molecule has 2 aromatic carbocycles. The number of phenols is 1. The predicted molar refractivity (Wildman–Crippen MR) is 92.3 cm³/mol. The summed E-state index contributed by atoms with van der Waals surface area (Å²) in [5, 5.41) is 19.1. The van der Waals surface area contributed by atoms with Gasteiger partial charge in [-0.25, -0.2) is 18.2 Å². The Kier molecular flexibility index (Phi) is 4.60. The summed E-state index contributed by atoms with van der Waals surface area (Å²) in [6.45, 7) is 0. The largest absolute Gasteiger partial charge is 0.502 e. The minimum Gasteiger partial charge on any atom is -0.502 e. The zero-order chi connectivity index (χ0) is 19.7. The van der Waals surface area contributed by atoms with Crippen LogP contribution in [0.25, 0.3) is 22.4 Å². The molecule has 3 N–H and O–H groups in total. The molecule has 27 heavy (non-hydrogen) atoms. The van der Waals surface area contributed by atoms with Crippen molar-refractivity contribution in [2.75, 3.05) is 12.8 Å². The highest BCUT2D eigenvalue weighted by Crippen LogP contribution is 2.37. The second-order valence-corrected chi connectivity index (χ2v) is 5.56. The molecule has 136 valence electrons. The van der Waals surface area contributed by atoms with Gasteiger partial charge in [0.15, 0.2) is 29.0 Å². The molecule has 0 aliphatic carbocycles. The Labute approximate surface area is 152 Å². The summed E-state index contributed by atoms with van der Waals surface area (Å²) in [5.74, 6) is -4.04. The fourth-order valence-corrected chi connectivity index (χ4v) is 2.60. The number of aromatic nitrogens is 1. The first-order chi connectivity index (χ1) is 12.8. The summed E-state index contributed by atoms with van der Waals surface area (Å²) < 4.78 is 45.7. The average molecular weight is 371 g/mol. The molecule has 3 rings (SSSR count). The van der Waals surface area contributed by atoms with Crippen LogP contribution >= 0.6 is 0 Å². The highest BCUT2D eigenvalue weighted by Gasteiger charge is 2.18. The maximum Gasteiger partial charge on any atom is 0.194 e. The first-order valence-electron chi connectivity index (χ1n) is 7.58. The van der Waals surface area contributed by atoms with Crippen LogP contribution in [0.4, 0.5) is 19.0 Å². The van der Waals surface area contributed by atoms with Gasteiger partial charge in [-0.3, -0.25) is 0 Å². The van der Waals surface area contributed by atoms with Gasteiger partial charge in [-0.2, -0.15) is 5.26 Å². The number of nitriles is 1. The Morgan fingerprint density at radius 3 is 2.37 bits per heavy atom. The number of methoxy groups -OCH3 is 1. The predicted octanol–water partition coefficient (Wildman–Crippen LogP) is 4.00. The summed E-state index contributed by atoms with van der Waals surface area (Å²) >= 11 is 0. The monoisotopic (exact) mass is 371 g/mol. The molecule has 0 saturated carbocycles. The number of aromatic hydroxyl groups is 1. The number of anilines is 1. The number of ether oxygens (including phenoxy) is 1. The molecule has 0 aliphatic heterocycles. The summed E-state index contributed by atoms with van der Waals surface area (Å²) in [6, 6.07) is 8.78. The molecular weight excluding hydrogens is 359 g/mol. The number of pyridine rings is 1. The number of nitrogen functional groups attached to an aromatic ring is 1. The molecule has 0 saturated heterocycles. The van der Waals surface area contributed by atoms with Crippen LogP contribution in [0.1, 0.15) is 5.56 Å². The van der Waals surface area contributed by atoms with E-state index < -0.39 is 23.2 Å². The van der Waals surface area contributed by atoms with E-state index in [9.17, 15) is 23.5 Å². The molecule has 5 nitrogen and oxygen atoms in total. The molecule has 0 radical (unpaired) electrons. The molecule has 0 atom stereocenters. The lowest BCUT2D eigenvalue weighted by atomic mass is 9.98. The molecule has 1 aromatic heterocycles. The molecule has 1 heterocycles. The van der Waals surface area contributed by atoms with E-state index in [1.807, 2.05) is 6.07 Å². The van der Waals surface area contributed by atoms with Gasteiger partial charge in [0, 0.05) is 11.1 Å². The van der Waals surface area contributed by atoms with Crippen molar-refractivity contribution in [3.05, 3.63) is 59.4 Å². The lowest BCUT2D eigenvalue weighted by Crippen LogP contribution is -2.00. The Balaban J connectivity index is 2.27. The van der Waals surface area contributed by atoms with Crippen LogP contribution in [0.15, 0.2) is 36.4 Å². The highest BCUT2D eigenvalue weighted by molar-refractivity contribution is 5.81. The molecule has 8 heteroatoms. The molecule has 0 unspecified atom stereocenters. The SMILES string of the molecule is COc1cc(-c2cc(-c3ccc(F)c(F)c3)nc(N)c2C#N)cc(F)c1O. The van der Waals surface area contributed by atoms with Gasteiger partial charge in [-0.15, -0.1) is 0 Å². The molecule has 0 aliphatic rings. The van der Waals surface area contributed by atoms with Gasteiger partial charge in [0.2, 0.25) is 0 Å². The molecule has 0 spiro atoms. The number of benzene rings is 2. The fourth-order valence-electron chi connectivity index (χ4n) is 2.60. The summed E-state index contributed by atoms with van der Waals surface area (Å²) in [5.41, 5.74) is 6.57. The van der Waals surface area contributed by atoms with Crippen molar-refractivity contribution in [1.82, 2.24) is 4.98 Å². The van der Waals surface area contributed by atoms with Gasteiger partial charge < -0.3 is 15.6 Å².